The molecule has 0 bridgehead atoms. The Hall–Kier alpha value is -2.19. The van der Waals surface area contributed by atoms with Crippen molar-refractivity contribution in [2.75, 3.05) is 6.54 Å². The van der Waals surface area contributed by atoms with E-state index in [2.05, 4.69) is 9.97 Å². The minimum atomic E-state index is -1.85. The quantitative estimate of drug-likeness (QED) is 0.783. The Morgan fingerprint density at radius 2 is 2.18 bits per heavy atom. The molecule has 1 aliphatic rings. The van der Waals surface area contributed by atoms with Crippen LogP contribution in [0.4, 0.5) is 9.18 Å². The number of pyridine rings is 1. The molecule has 3 rings (SSSR count). The van der Waals surface area contributed by atoms with Gasteiger partial charge in [-0.3, -0.25) is 4.98 Å². The zero-order valence-electron chi connectivity index (χ0n) is 15.9. The molecule has 1 fully saturated rings. The summed E-state index contributed by atoms with van der Waals surface area (Å²) >= 11 is 6.37. The highest BCUT2D eigenvalue weighted by Crippen LogP contribution is 2.46. The van der Waals surface area contributed by atoms with Crippen LogP contribution in [0.1, 0.15) is 45.0 Å². The molecule has 2 unspecified atom stereocenters. The lowest BCUT2D eigenvalue weighted by Crippen LogP contribution is -2.55. The number of aliphatic hydroxyl groups is 1. The predicted molar refractivity (Wildman–Crippen MR) is 101 cm³/mol. The van der Waals surface area contributed by atoms with Crippen molar-refractivity contribution in [1.82, 2.24) is 14.9 Å². The second-order valence-electron chi connectivity index (χ2n) is 8.12. The number of halogens is 2. The summed E-state index contributed by atoms with van der Waals surface area (Å²) in [6.07, 6.45) is 1.52. The minimum absolute atomic E-state index is 0.0257. The number of aliphatic hydroxyl groups excluding tert-OH is 1. The number of aromatic nitrogens is 2. The van der Waals surface area contributed by atoms with E-state index in [1.165, 1.54) is 23.6 Å². The summed E-state index contributed by atoms with van der Waals surface area (Å²) in [5, 5.41) is 18.9. The first-order valence-electron chi connectivity index (χ1n) is 8.95. The Balaban J connectivity index is 1.95. The van der Waals surface area contributed by atoms with E-state index < -0.39 is 23.2 Å². The average Bonchev–Trinajstić information content (AvgIpc) is 3.09. The van der Waals surface area contributed by atoms with Crippen LogP contribution in [-0.4, -0.2) is 43.8 Å². The number of hydrogen-bond acceptors (Lipinski definition) is 5. The lowest BCUT2D eigenvalue weighted by Gasteiger charge is -2.46. The number of oxazole rings is 1. The number of hydrogen-bond donors (Lipinski definition) is 2. The van der Waals surface area contributed by atoms with E-state index in [1.807, 2.05) is 20.8 Å². The molecule has 3 heterocycles. The van der Waals surface area contributed by atoms with Gasteiger partial charge in [0.15, 0.2) is 17.8 Å². The van der Waals surface area contributed by atoms with E-state index in [9.17, 15) is 15.0 Å². The third-order valence-electron chi connectivity index (χ3n) is 5.21. The van der Waals surface area contributed by atoms with Crippen molar-refractivity contribution in [2.45, 2.75) is 51.9 Å². The molecule has 2 atom stereocenters. The fourth-order valence-corrected chi connectivity index (χ4v) is 4.03. The first-order chi connectivity index (χ1) is 13.1. The Morgan fingerprint density at radius 1 is 1.46 bits per heavy atom. The van der Waals surface area contributed by atoms with Crippen molar-refractivity contribution in [3.8, 4) is 11.3 Å². The van der Waals surface area contributed by atoms with Crippen LogP contribution in [0.2, 0.25) is 5.02 Å². The Morgan fingerprint density at radius 3 is 2.75 bits per heavy atom. The van der Waals surface area contributed by atoms with Crippen molar-refractivity contribution in [3.05, 3.63) is 35.1 Å². The maximum atomic E-state index is 16.0. The first-order valence-corrected chi connectivity index (χ1v) is 9.32. The predicted octanol–water partition coefficient (Wildman–Crippen LogP) is 4.24. The summed E-state index contributed by atoms with van der Waals surface area (Å²) in [4.78, 5) is 21.0. The zero-order valence-corrected chi connectivity index (χ0v) is 16.7. The molecule has 28 heavy (non-hydrogen) atoms. The molecule has 2 aromatic rings. The number of nitrogens with zero attached hydrogens (tertiary/aromatic N) is 3. The van der Waals surface area contributed by atoms with Gasteiger partial charge in [0.25, 0.3) is 0 Å². The van der Waals surface area contributed by atoms with E-state index in [-0.39, 0.29) is 36.7 Å². The summed E-state index contributed by atoms with van der Waals surface area (Å²) in [6, 6.07) is 1.01. The van der Waals surface area contributed by atoms with Gasteiger partial charge in [0.2, 0.25) is 0 Å². The average molecular weight is 412 g/mol. The molecule has 9 heteroatoms. The van der Waals surface area contributed by atoms with Crippen LogP contribution in [0.5, 0.6) is 0 Å². The van der Waals surface area contributed by atoms with Gasteiger partial charge in [0, 0.05) is 37.2 Å². The van der Waals surface area contributed by atoms with Crippen molar-refractivity contribution < 1.29 is 23.8 Å². The van der Waals surface area contributed by atoms with Gasteiger partial charge in [-0.15, -0.1) is 0 Å². The minimum Gasteiger partial charge on any atom is -0.465 e. The van der Waals surface area contributed by atoms with Gasteiger partial charge in [-0.1, -0.05) is 32.4 Å². The van der Waals surface area contributed by atoms with Crippen LogP contribution < -0.4 is 0 Å². The van der Waals surface area contributed by atoms with Crippen LogP contribution >= 0.6 is 11.6 Å². The molecule has 0 radical (unpaired) electrons. The summed E-state index contributed by atoms with van der Waals surface area (Å²) in [6.45, 7) is 5.41. The van der Waals surface area contributed by atoms with Gasteiger partial charge in [-0.25, -0.2) is 14.2 Å². The molecule has 2 aromatic heterocycles. The normalized spacial score (nSPS) is 23.1. The van der Waals surface area contributed by atoms with E-state index >= 15 is 4.39 Å². The monoisotopic (exact) mass is 411 g/mol. The van der Waals surface area contributed by atoms with Gasteiger partial charge in [0.05, 0.1) is 17.3 Å². The lowest BCUT2D eigenvalue weighted by molar-refractivity contribution is -0.0197. The highest BCUT2D eigenvalue weighted by molar-refractivity contribution is 6.31. The molecule has 7 nitrogen and oxygen atoms in total. The van der Waals surface area contributed by atoms with E-state index in [0.29, 0.717) is 17.0 Å². The molecule has 152 valence electrons. The summed E-state index contributed by atoms with van der Waals surface area (Å²) in [5.74, 6) is 0.324. The molecule has 0 aromatic carbocycles. The van der Waals surface area contributed by atoms with Crippen molar-refractivity contribution >= 4 is 17.7 Å². The Bertz CT molecular complexity index is 882. The standard InChI is InChI=1S/C19H23ClFN3O4/c1-18(2,3)14-7-19(21,4-5-24(14)17(26)27)16-12(20)6-11(8-22-16)15-13(9-25)23-10-28-15/h6,8,10,14,25H,4-5,7,9H2,1-3H3,(H,26,27). The lowest BCUT2D eigenvalue weighted by atomic mass is 9.74. The molecular formula is C19H23ClFN3O4. The van der Waals surface area contributed by atoms with Crippen LogP contribution in [0, 0.1) is 5.41 Å². The van der Waals surface area contributed by atoms with Crippen molar-refractivity contribution in [1.29, 1.82) is 0 Å². The number of likely N-dealkylation sites (tertiary alicyclic amines) is 1. The van der Waals surface area contributed by atoms with Crippen LogP contribution in [0.25, 0.3) is 11.3 Å². The number of carbonyl (C=O) groups is 1. The molecule has 0 spiro atoms. The van der Waals surface area contributed by atoms with Crippen LogP contribution in [0.3, 0.4) is 0 Å². The third-order valence-corrected chi connectivity index (χ3v) is 5.49. The molecular weight excluding hydrogens is 389 g/mol. The van der Waals surface area contributed by atoms with E-state index in [0.717, 1.165) is 0 Å². The molecule has 1 amide bonds. The van der Waals surface area contributed by atoms with Gasteiger partial charge >= 0.3 is 6.09 Å². The maximum absolute atomic E-state index is 16.0. The number of rotatable bonds is 3. The van der Waals surface area contributed by atoms with E-state index in [1.54, 1.807) is 0 Å². The molecule has 0 saturated carbocycles. The van der Waals surface area contributed by atoms with Crippen LogP contribution in [-0.2, 0) is 12.3 Å². The Kier molecular flexibility index (Phi) is 5.38. The SMILES string of the molecule is CC(C)(C)C1CC(F)(c2ncc(-c3ocnc3CO)cc2Cl)CCN1C(=O)O. The number of piperidine rings is 1. The summed E-state index contributed by atoms with van der Waals surface area (Å²) in [5.41, 5.74) is -1.39. The number of alkyl halides is 1. The Labute approximate surface area is 167 Å². The van der Waals surface area contributed by atoms with Gasteiger partial charge in [-0.2, -0.15) is 0 Å². The number of carboxylic acid groups (broad SMARTS) is 1. The van der Waals surface area contributed by atoms with Crippen molar-refractivity contribution in [2.24, 2.45) is 5.41 Å². The van der Waals surface area contributed by atoms with Gasteiger partial charge < -0.3 is 19.5 Å². The maximum Gasteiger partial charge on any atom is 0.407 e. The zero-order chi connectivity index (χ0) is 20.7. The largest absolute Gasteiger partial charge is 0.465 e. The topological polar surface area (TPSA) is 99.7 Å². The highest BCUT2D eigenvalue weighted by Gasteiger charge is 2.48. The fraction of sp³-hybridized carbons (Fsp3) is 0.526. The first kappa shape index (κ1) is 20.5. The molecule has 0 aliphatic carbocycles. The van der Waals surface area contributed by atoms with Gasteiger partial charge in [-0.05, 0) is 11.5 Å². The summed E-state index contributed by atoms with van der Waals surface area (Å²) < 4.78 is 21.2. The second kappa shape index (κ2) is 7.33. The smallest absolute Gasteiger partial charge is 0.407 e. The summed E-state index contributed by atoms with van der Waals surface area (Å²) in [7, 11) is 0. The third kappa shape index (κ3) is 3.71. The highest BCUT2D eigenvalue weighted by atomic mass is 35.5. The van der Waals surface area contributed by atoms with E-state index in [4.69, 9.17) is 16.0 Å². The molecule has 1 aliphatic heterocycles. The molecule has 2 N–H and O–H groups in total. The van der Waals surface area contributed by atoms with Crippen molar-refractivity contribution in [3.63, 3.8) is 0 Å². The van der Waals surface area contributed by atoms with Gasteiger partial charge in [0.1, 0.15) is 5.69 Å². The second-order valence-corrected chi connectivity index (χ2v) is 8.53. The fourth-order valence-electron chi connectivity index (χ4n) is 3.70. The number of amides is 1. The molecule has 1 saturated heterocycles. The van der Waals surface area contributed by atoms with Crippen LogP contribution in [0.15, 0.2) is 23.1 Å².